The van der Waals surface area contributed by atoms with Crippen LogP contribution >= 0.6 is 0 Å². The van der Waals surface area contributed by atoms with Gasteiger partial charge in [0, 0.05) is 13.0 Å². The number of hydrogen-bond donors (Lipinski definition) is 1. The first kappa shape index (κ1) is 12.9. The van der Waals surface area contributed by atoms with E-state index in [0.717, 1.165) is 25.3 Å². The molecule has 1 aliphatic rings. The van der Waals surface area contributed by atoms with Gasteiger partial charge in [0.05, 0.1) is 13.2 Å². The van der Waals surface area contributed by atoms with Gasteiger partial charge in [-0.1, -0.05) is 12.1 Å². The average Bonchev–Trinajstić information content (AvgIpc) is 3.16. The van der Waals surface area contributed by atoms with E-state index >= 15 is 0 Å². The molecular weight excluding hydrogens is 224 g/mol. The molecule has 0 amide bonds. The molecule has 0 aliphatic heterocycles. The normalized spacial score (nSPS) is 16.0. The van der Waals surface area contributed by atoms with Gasteiger partial charge in [-0.25, -0.2) is 0 Å². The van der Waals surface area contributed by atoms with Gasteiger partial charge in [0.25, 0.3) is 0 Å². The molecule has 1 aromatic rings. The maximum Gasteiger partial charge on any atom is 0.118 e. The average molecular weight is 244 g/mol. The standard InChI is InChI=1S/C15H20N2O/c1-18-14-4-2-13(3-5-14)6-11-17-12-15(7-8-15)9-10-16/h2-5,17H,6-9,11-12H2,1H3. The Kier molecular flexibility index (Phi) is 4.22. The third kappa shape index (κ3) is 3.48. The highest BCUT2D eigenvalue weighted by Gasteiger charge is 2.41. The van der Waals surface area contributed by atoms with Crippen LogP contribution in [0.2, 0.25) is 0 Å². The minimum absolute atomic E-state index is 0.300. The van der Waals surface area contributed by atoms with E-state index in [4.69, 9.17) is 10.00 Å². The molecule has 1 fully saturated rings. The fraction of sp³-hybridized carbons (Fsp3) is 0.533. The molecule has 0 heterocycles. The van der Waals surface area contributed by atoms with E-state index in [9.17, 15) is 0 Å². The minimum atomic E-state index is 0.300. The van der Waals surface area contributed by atoms with Crippen LogP contribution in [0.15, 0.2) is 24.3 Å². The maximum atomic E-state index is 8.74. The molecule has 0 atom stereocenters. The van der Waals surface area contributed by atoms with Gasteiger partial charge in [0.1, 0.15) is 5.75 Å². The van der Waals surface area contributed by atoms with Crippen LogP contribution in [-0.4, -0.2) is 20.2 Å². The number of methoxy groups -OCH3 is 1. The Bertz CT molecular complexity index is 415. The lowest BCUT2D eigenvalue weighted by atomic mass is 10.0. The number of nitriles is 1. The van der Waals surface area contributed by atoms with E-state index in [2.05, 4.69) is 23.5 Å². The van der Waals surface area contributed by atoms with Gasteiger partial charge in [0.2, 0.25) is 0 Å². The zero-order valence-corrected chi connectivity index (χ0v) is 10.9. The monoisotopic (exact) mass is 244 g/mol. The molecule has 2 rings (SSSR count). The number of ether oxygens (including phenoxy) is 1. The van der Waals surface area contributed by atoms with E-state index in [1.807, 2.05) is 12.1 Å². The lowest BCUT2D eigenvalue weighted by Crippen LogP contribution is -2.25. The van der Waals surface area contributed by atoms with Gasteiger partial charge in [-0.2, -0.15) is 5.26 Å². The highest BCUT2D eigenvalue weighted by atomic mass is 16.5. The summed E-state index contributed by atoms with van der Waals surface area (Å²) in [7, 11) is 1.68. The van der Waals surface area contributed by atoms with Crippen molar-refractivity contribution in [2.75, 3.05) is 20.2 Å². The third-order valence-corrected chi connectivity index (χ3v) is 3.66. The Hall–Kier alpha value is -1.53. The summed E-state index contributed by atoms with van der Waals surface area (Å²) in [6.45, 7) is 1.95. The molecule has 0 unspecified atom stereocenters. The Morgan fingerprint density at radius 2 is 2.06 bits per heavy atom. The molecule has 1 N–H and O–H groups in total. The summed E-state index contributed by atoms with van der Waals surface area (Å²) >= 11 is 0. The van der Waals surface area contributed by atoms with E-state index in [-0.39, 0.29) is 0 Å². The zero-order valence-electron chi connectivity index (χ0n) is 10.9. The number of rotatable bonds is 7. The lowest BCUT2D eigenvalue weighted by molar-refractivity contribution is 0.414. The first-order valence-electron chi connectivity index (χ1n) is 6.49. The summed E-state index contributed by atoms with van der Waals surface area (Å²) in [5, 5.41) is 12.2. The largest absolute Gasteiger partial charge is 0.497 e. The van der Waals surface area contributed by atoms with Crippen molar-refractivity contribution in [3.8, 4) is 11.8 Å². The van der Waals surface area contributed by atoms with Crippen molar-refractivity contribution in [3.63, 3.8) is 0 Å². The Morgan fingerprint density at radius 3 is 2.61 bits per heavy atom. The van der Waals surface area contributed by atoms with E-state index in [1.54, 1.807) is 7.11 Å². The lowest BCUT2D eigenvalue weighted by Gasteiger charge is -2.12. The predicted octanol–water partition coefficient (Wildman–Crippen LogP) is 2.52. The summed E-state index contributed by atoms with van der Waals surface area (Å²) < 4.78 is 5.13. The Labute approximate surface area is 109 Å². The molecule has 0 spiro atoms. The molecule has 3 heteroatoms. The second-order valence-electron chi connectivity index (χ2n) is 5.11. The fourth-order valence-electron chi connectivity index (χ4n) is 2.14. The third-order valence-electron chi connectivity index (χ3n) is 3.66. The SMILES string of the molecule is COc1ccc(CCNCC2(CC#N)CC2)cc1. The molecular formula is C15H20N2O. The topological polar surface area (TPSA) is 45.0 Å². The van der Waals surface area contributed by atoms with Crippen LogP contribution in [0.1, 0.15) is 24.8 Å². The van der Waals surface area contributed by atoms with Crippen molar-refractivity contribution in [1.29, 1.82) is 5.26 Å². The van der Waals surface area contributed by atoms with E-state index in [1.165, 1.54) is 18.4 Å². The molecule has 1 saturated carbocycles. The highest BCUT2D eigenvalue weighted by molar-refractivity contribution is 5.27. The van der Waals surface area contributed by atoms with Gasteiger partial charge in [-0.3, -0.25) is 0 Å². The zero-order chi connectivity index (χ0) is 12.8. The van der Waals surface area contributed by atoms with Crippen molar-refractivity contribution in [3.05, 3.63) is 29.8 Å². The molecule has 1 aliphatic carbocycles. The molecule has 3 nitrogen and oxygen atoms in total. The summed E-state index contributed by atoms with van der Waals surface area (Å²) in [5.74, 6) is 0.901. The fourth-order valence-corrected chi connectivity index (χ4v) is 2.14. The highest BCUT2D eigenvalue weighted by Crippen LogP contribution is 2.47. The molecule has 18 heavy (non-hydrogen) atoms. The smallest absolute Gasteiger partial charge is 0.118 e. The Morgan fingerprint density at radius 1 is 1.33 bits per heavy atom. The Balaban J connectivity index is 1.67. The summed E-state index contributed by atoms with van der Waals surface area (Å²) in [5.41, 5.74) is 1.61. The van der Waals surface area contributed by atoms with Gasteiger partial charge in [-0.05, 0) is 48.9 Å². The number of nitrogens with zero attached hydrogens (tertiary/aromatic N) is 1. The van der Waals surface area contributed by atoms with Crippen molar-refractivity contribution in [2.45, 2.75) is 25.7 Å². The van der Waals surface area contributed by atoms with Crippen molar-refractivity contribution in [1.82, 2.24) is 5.32 Å². The number of nitrogens with one attached hydrogen (secondary N) is 1. The maximum absolute atomic E-state index is 8.74. The van der Waals surface area contributed by atoms with Crippen LogP contribution in [0.3, 0.4) is 0 Å². The van der Waals surface area contributed by atoms with Gasteiger partial charge in [0.15, 0.2) is 0 Å². The number of hydrogen-bond acceptors (Lipinski definition) is 3. The van der Waals surface area contributed by atoms with Crippen LogP contribution in [-0.2, 0) is 6.42 Å². The van der Waals surface area contributed by atoms with Gasteiger partial charge < -0.3 is 10.1 Å². The van der Waals surface area contributed by atoms with Crippen molar-refractivity contribution >= 4 is 0 Å². The van der Waals surface area contributed by atoms with Crippen LogP contribution < -0.4 is 10.1 Å². The van der Waals surface area contributed by atoms with Crippen molar-refractivity contribution in [2.24, 2.45) is 5.41 Å². The second kappa shape index (κ2) is 5.88. The molecule has 0 bridgehead atoms. The first-order chi connectivity index (χ1) is 8.78. The van der Waals surface area contributed by atoms with Crippen molar-refractivity contribution < 1.29 is 4.74 Å². The minimum Gasteiger partial charge on any atom is -0.497 e. The first-order valence-corrected chi connectivity index (χ1v) is 6.49. The van der Waals surface area contributed by atoms with Crippen LogP contribution in [0, 0.1) is 16.7 Å². The second-order valence-corrected chi connectivity index (χ2v) is 5.11. The predicted molar refractivity (Wildman–Crippen MR) is 71.5 cm³/mol. The molecule has 0 radical (unpaired) electrons. The molecule has 0 saturated heterocycles. The molecule has 1 aromatic carbocycles. The van der Waals surface area contributed by atoms with E-state index < -0.39 is 0 Å². The van der Waals surface area contributed by atoms with Crippen LogP contribution in [0.4, 0.5) is 0 Å². The summed E-state index contributed by atoms with van der Waals surface area (Å²) in [6, 6.07) is 10.5. The molecule has 96 valence electrons. The summed E-state index contributed by atoms with van der Waals surface area (Å²) in [4.78, 5) is 0. The quantitative estimate of drug-likeness (QED) is 0.750. The van der Waals surface area contributed by atoms with Gasteiger partial charge >= 0.3 is 0 Å². The summed E-state index contributed by atoms with van der Waals surface area (Å²) in [6.07, 6.45) is 4.13. The van der Waals surface area contributed by atoms with Crippen LogP contribution in [0.5, 0.6) is 5.75 Å². The van der Waals surface area contributed by atoms with Gasteiger partial charge in [-0.15, -0.1) is 0 Å². The number of benzene rings is 1. The molecule has 0 aromatic heterocycles. The van der Waals surface area contributed by atoms with E-state index in [0.29, 0.717) is 11.8 Å². The van der Waals surface area contributed by atoms with Crippen LogP contribution in [0.25, 0.3) is 0 Å².